The third kappa shape index (κ3) is 2.96. The van der Waals surface area contributed by atoms with Crippen LogP contribution in [0.1, 0.15) is 11.8 Å². The predicted octanol–water partition coefficient (Wildman–Crippen LogP) is 3.76. The number of carboxylic acid groups (broad SMARTS) is 1. The summed E-state index contributed by atoms with van der Waals surface area (Å²) in [5.74, 6) is -5.43. The number of aromatic nitrogens is 1. The van der Waals surface area contributed by atoms with Crippen LogP contribution < -0.4 is 5.32 Å². The lowest BCUT2D eigenvalue weighted by Gasteiger charge is -2.05. The van der Waals surface area contributed by atoms with Crippen molar-refractivity contribution in [1.29, 1.82) is 0 Å². The van der Waals surface area contributed by atoms with Crippen molar-refractivity contribution in [1.82, 2.24) is 4.98 Å². The van der Waals surface area contributed by atoms with Crippen LogP contribution in [0, 0.1) is 17.5 Å². The lowest BCUT2D eigenvalue weighted by Crippen LogP contribution is -1.96. The Hall–Kier alpha value is -2.35. The fraction of sp³-hybridized carbons (Fsp3) is 0.143. The number of nitrogens with zero attached hydrogens (tertiary/aromatic N) is 1. The first-order chi connectivity index (χ1) is 10.3. The van der Waals surface area contributed by atoms with Gasteiger partial charge in [0.25, 0.3) is 0 Å². The number of carbonyl (C=O) groups is 1. The molecule has 0 spiro atoms. The molecule has 4 nitrogen and oxygen atoms in total. The van der Waals surface area contributed by atoms with Crippen molar-refractivity contribution < 1.29 is 23.1 Å². The Labute approximate surface area is 127 Å². The smallest absolute Gasteiger partial charge is 0.328 e. The lowest BCUT2D eigenvalue weighted by atomic mass is 10.1. The first-order valence-corrected chi connectivity index (χ1v) is 6.90. The van der Waals surface area contributed by atoms with Crippen molar-refractivity contribution in [3.05, 3.63) is 40.5 Å². The van der Waals surface area contributed by atoms with Gasteiger partial charge in [0, 0.05) is 18.7 Å². The normalized spacial score (nSPS) is 11.6. The van der Waals surface area contributed by atoms with Gasteiger partial charge in [-0.05, 0) is 24.6 Å². The highest BCUT2D eigenvalue weighted by Crippen LogP contribution is 2.37. The van der Waals surface area contributed by atoms with E-state index in [-0.39, 0.29) is 11.3 Å². The number of hydrogen-bond acceptors (Lipinski definition) is 4. The minimum atomic E-state index is -1.60. The van der Waals surface area contributed by atoms with Crippen LogP contribution in [-0.4, -0.2) is 23.1 Å². The van der Waals surface area contributed by atoms with Gasteiger partial charge in [-0.15, -0.1) is 0 Å². The van der Waals surface area contributed by atoms with E-state index in [1.807, 2.05) is 0 Å². The molecule has 0 aliphatic carbocycles. The summed E-state index contributed by atoms with van der Waals surface area (Å²) in [5, 5.41) is 12.0. The number of anilines is 1. The zero-order valence-electron chi connectivity index (χ0n) is 11.6. The molecule has 2 aromatic rings. The molecule has 8 heteroatoms. The lowest BCUT2D eigenvalue weighted by molar-refractivity contribution is -0.131. The van der Waals surface area contributed by atoms with E-state index in [4.69, 9.17) is 5.11 Å². The summed E-state index contributed by atoms with van der Waals surface area (Å²) in [7, 11) is 1.59. The summed E-state index contributed by atoms with van der Waals surface area (Å²) in [6, 6.07) is 1.87. The number of carboxylic acids is 1. The van der Waals surface area contributed by atoms with Crippen LogP contribution in [-0.2, 0) is 4.79 Å². The number of nitrogens with one attached hydrogen (secondary N) is 1. The second-order valence-electron chi connectivity index (χ2n) is 4.34. The monoisotopic (exact) mass is 328 g/mol. The van der Waals surface area contributed by atoms with Crippen LogP contribution in [0.5, 0.6) is 0 Å². The molecule has 1 aromatic carbocycles. The molecule has 0 aliphatic rings. The Morgan fingerprint density at radius 2 is 2.00 bits per heavy atom. The van der Waals surface area contributed by atoms with E-state index in [9.17, 15) is 18.0 Å². The van der Waals surface area contributed by atoms with Gasteiger partial charge in [0.05, 0.1) is 10.6 Å². The average molecular weight is 328 g/mol. The maximum atomic E-state index is 14.0. The van der Waals surface area contributed by atoms with E-state index < -0.39 is 23.4 Å². The molecule has 0 saturated carbocycles. The maximum Gasteiger partial charge on any atom is 0.328 e. The summed E-state index contributed by atoms with van der Waals surface area (Å²) in [6.07, 6.45) is 0.939. The molecule has 22 heavy (non-hydrogen) atoms. The van der Waals surface area contributed by atoms with Crippen LogP contribution in [0.15, 0.2) is 18.2 Å². The molecular weight excluding hydrogens is 317 g/mol. The summed E-state index contributed by atoms with van der Waals surface area (Å²) in [6.45, 7) is 1.52. The first kappa shape index (κ1) is 16.0. The molecule has 2 rings (SSSR count). The highest BCUT2D eigenvalue weighted by atomic mass is 32.1. The van der Waals surface area contributed by atoms with Gasteiger partial charge in [-0.3, -0.25) is 0 Å². The number of halogens is 3. The number of benzene rings is 1. The molecule has 0 radical (unpaired) electrons. The molecular formula is C14H11F3N2O2S. The van der Waals surface area contributed by atoms with Gasteiger partial charge in [-0.1, -0.05) is 11.3 Å². The van der Waals surface area contributed by atoms with Gasteiger partial charge < -0.3 is 10.4 Å². The molecule has 0 bridgehead atoms. The predicted molar refractivity (Wildman–Crippen MR) is 78.3 cm³/mol. The van der Waals surface area contributed by atoms with Gasteiger partial charge in [-0.2, -0.15) is 0 Å². The molecule has 2 N–H and O–H groups in total. The fourth-order valence-electron chi connectivity index (χ4n) is 1.84. The summed E-state index contributed by atoms with van der Waals surface area (Å²) in [5.41, 5.74) is 0.149. The van der Waals surface area contributed by atoms with Crippen LogP contribution in [0.4, 0.5) is 18.3 Å². The maximum absolute atomic E-state index is 14.0. The van der Waals surface area contributed by atoms with Gasteiger partial charge in [0.15, 0.2) is 22.6 Å². The third-order valence-corrected chi connectivity index (χ3v) is 4.04. The molecule has 0 saturated heterocycles. The topological polar surface area (TPSA) is 62.2 Å². The van der Waals surface area contributed by atoms with Gasteiger partial charge in [0.2, 0.25) is 0 Å². The Kier molecular flexibility index (Phi) is 4.51. The largest absolute Gasteiger partial charge is 0.478 e. The molecule has 0 unspecified atom stereocenters. The molecule has 0 fully saturated rings. The third-order valence-electron chi connectivity index (χ3n) is 2.83. The van der Waals surface area contributed by atoms with Crippen molar-refractivity contribution in [2.24, 2.45) is 0 Å². The van der Waals surface area contributed by atoms with E-state index in [2.05, 4.69) is 10.3 Å². The summed E-state index contributed by atoms with van der Waals surface area (Å²) in [4.78, 5) is 15.2. The highest BCUT2D eigenvalue weighted by molar-refractivity contribution is 7.17. The second kappa shape index (κ2) is 6.18. The number of rotatable bonds is 4. The van der Waals surface area contributed by atoms with Crippen LogP contribution in [0.25, 0.3) is 16.8 Å². The van der Waals surface area contributed by atoms with E-state index in [1.165, 1.54) is 6.92 Å². The Morgan fingerprint density at radius 1 is 1.32 bits per heavy atom. The average Bonchev–Trinajstić information content (AvgIpc) is 2.88. The minimum absolute atomic E-state index is 0.0563. The molecule has 1 aromatic heterocycles. The number of thiazole rings is 1. The van der Waals surface area contributed by atoms with Crippen molar-refractivity contribution in [3.8, 4) is 11.3 Å². The molecule has 116 valence electrons. The zero-order valence-corrected chi connectivity index (χ0v) is 12.4. The van der Waals surface area contributed by atoms with Crippen molar-refractivity contribution in [3.63, 3.8) is 0 Å². The van der Waals surface area contributed by atoms with Gasteiger partial charge in [-0.25, -0.2) is 22.9 Å². The Bertz CT molecular complexity index is 772. The number of aliphatic carboxylic acids is 1. The Balaban J connectivity index is 2.68. The minimum Gasteiger partial charge on any atom is -0.478 e. The first-order valence-electron chi connectivity index (χ1n) is 6.09. The van der Waals surface area contributed by atoms with Crippen LogP contribution in [0.3, 0.4) is 0 Å². The number of hydrogen-bond donors (Lipinski definition) is 2. The van der Waals surface area contributed by atoms with E-state index in [0.29, 0.717) is 15.6 Å². The quantitative estimate of drug-likeness (QED) is 0.663. The summed E-state index contributed by atoms with van der Waals surface area (Å²) >= 11 is 1.09. The zero-order chi connectivity index (χ0) is 16.4. The molecule has 0 amide bonds. The second-order valence-corrected chi connectivity index (χ2v) is 5.33. The van der Waals surface area contributed by atoms with E-state index in [0.717, 1.165) is 29.5 Å². The SMILES string of the molecule is CNc1nc(-c2ccc(F)c(F)c2F)c(/C(C)=C/C(=O)O)s1. The van der Waals surface area contributed by atoms with E-state index in [1.54, 1.807) is 7.05 Å². The van der Waals surface area contributed by atoms with Crippen molar-refractivity contribution in [2.75, 3.05) is 12.4 Å². The fourth-order valence-corrected chi connectivity index (χ4v) is 2.74. The standard InChI is InChI=1S/C14H11F3N2O2S/c1-6(5-9(20)21)13-12(19-14(18-2)22-13)7-3-4-8(15)11(17)10(7)16/h3-5H,1-2H3,(H,18,19)(H,20,21)/b6-5+. The molecule has 0 atom stereocenters. The highest BCUT2D eigenvalue weighted by Gasteiger charge is 2.21. The van der Waals surface area contributed by atoms with Crippen molar-refractivity contribution >= 4 is 28.0 Å². The summed E-state index contributed by atoms with van der Waals surface area (Å²) < 4.78 is 40.4. The van der Waals surface area contributed by atoms with Crippen molar-refractivity contribution in [2.45, 2.75) is 6.92 Å². The number of allylic oxidation sites excluding steroid dienone is 1. The van der Waals surface area contributed by atoms with Gasteiger partial charge >= 0.3 is 5.97 Å². The molecule has 1 heterocycles. The Morgan fingerprint density at radius 3 is 2.59 bits per heavy atom. The molecule has 0 aliphatic heterocycles. The van der Waals surface area contributed by atoms with Crippen LogP contribution in [0.2, 0.25) is 0 Å². The van der Waals surface area contributed by atoms with Gasteiger partial charge in [0.1, 0.15) is 0 Å². The van der Waals surface area contributed by atoms with E-state index >= 15 is 0 Å². The van der Waals surface area contributed by atoms with Crippen LogP contribution >= 0.6 is 11.3 Å².